The van der Waals surface area contributed by atoms with Crippen LogP contribution in [0.5, 0.6) is 0 Å². The SMILES string of the molecule is O=C(c1cnc(-c2ccccc2)nc1)N1CCN(S(=O)(=O)c2cccc([N+](=O)[O-])c2)CC1. The van der Waals surface area contributed by atoms with Gasteiger partial charge in [0.15, 0.2) is 5.82 Å². The van der Waals surface area contributed by atoms with Crippen LogP contribution in [0, 0.1) is 10.1 Å². The van der Waals surface area contributed by atoms with Gasteiger partial charge in [-0.05, 0) is 6.07 Å². The summed E-state index contributed by atoms with van der Waals surface area (Å²) in [7, 11) is -3.90. The van der Waals surface area contributed by atoms with Gasteiger partial charge in [0.2, 0.25) is 10.0 Å². The first-order chi connectivity index (χ1) is 15.4. The zero-order valence-corrected chi connectivity index (χ0v) is 17.7. The summed E-state index contributed by atoms with van der Waals surface area (Å²) < 4.78 is 26.9. The molecule has 2 aromatic carbocycles. The summed E-state index contributed by atoms with van der Waals surface area (Å²) in [5, 5.41) is 11.0. The van der Waals surface area contributed by atoms with Gasteiger partial charge in [0.05, 0.1) is 15.4 Å². The molecule has 0 bridgehead atoms. The molecular weight excluding hydrogens is 434 g/mol. The summed E-state index contributed by atoms with van der Waals surface area (Å²) in [5.74, 6) is 0.229. The van der Waals surface area contributed by atoms with Gasteiger partial charge in [0, 0.05) is 56.3 Å². The lowest BCUT2D eigenvalue weighted by Crippen LogP contribution is -2.50. The fourth-order valence-electron chi connectivity index (χ4n) is 3.40. The van der Waals surface area contributed by atoms with Crippen molar-refractivity contribution in [1.82, 2.24) is 19.2 Å². The number of aromatic nitrogens is 2. The third-order valence-corrected chi connectivity index (χ3v) is 7.02. The molecule has 0 saturated carbocycles. The molecule has 2 heterocycles. The van der Waals surface area contributed by atoms with Gasteiger partial charge in [-0.2, -0.15) is 4.31 Å². The first-order valence-electron chi connectivity index (χ1n) is 9.77. The second-order valence-corrected chi connectivity index (χ2v) is 9.05. The zero-order chi connectivity index (χ0) is 22.7. The van der Waals surface area contributed by atoms with E-state index >= 15 is 0 Å². The van der Waals surface area contributed by atoms with Crippen LogP contribution >= 0.6 is 0 Å². The summed E-state index contributed by atoms with van der Waals surface area (Å²) in [6.45, 7) is 0.542. The number of hydrogen-bond donors (Lipinski definition) is 0. The number of nitro groups is 1. The predicted molar refractivity (Wildman–Crippen MR) is 115 cm³/mol. The number of benzene rings is 2. The van der Waals surface area contributed by atoms with Gasteiger partial charge in [-0.25, -0.2) is 18.4 Å². The number of sulfonamides is 1. The highest BCUT2D eigenvalue weighted by Crippen LogP contribution is 2.22. The summed E-state index contributed by atoms with van der Waals surface area (Å²) in [6, 6.07) is 14.3. The van der Waals surface area contributed by atoms with E-state index in [4.69, 9.17) is 0 Å². The summed E-state index contributed by atoms with van der Waals surface area (Å²) in [6.07, 6.45) is 2.92. The summed E-state index contributed by atoms with van der Waals surface area (Å²) >= 11 is 0. The first-order valence-corrected chi connectivity index (χ1v) is 11.2. The quantitative estimate of drug-likeness (QED) is 0.428. The Morgan fingerprint density at radius 1 is 0.938 bits per heavy atom. The third-order valence-electron chi connectivity index (χ3n) is 5.12. The maximum atomic E-state index is 12.9. The molecule has 32 heavy (non-hydrogen) atoms. The van der Waals surface area contributed by atoms with Crippen molar-refractivity contribution in [2.45, 2.75) is 4.90 Å². The van der Waals surface area contributed by atoms with Crippen LogP contribution in [0.15, 0.2) is 71.9 Å². The first kappa shape index (κ1) is 21.5. The number of carbonyl (C=O) groups excluding carboxylic acids is 1. The molecule has 11 heteroatoms. The number of rotatable bonds is 5. The molecule has 1 fully saturated rings. The number of nitrogens with zero attached hydrogens (tertiary/aromatic N) is 5. The molecule has 164 valence electrons. The van der Waals surface area contributed by atoms with E-state index in [9.17, 15) is 23.3 Å². The molecule has 0 radical (unpaired) electrons. The van der Waals surface area contributed by atoms with E-state index in [2.05, 4.69) is 9.97 Å². The molecule has 0 unspecified atom stereocenters. The highest BCUT2D eigenvalue weighted by molar-refractivity contribution is 7.89. The smallest absolute Gasteiger partial charge is 0.270 e. The second-order valence-electron chi connectivity index (χ2n) is 7.11. The van der Waals surface area contributed by atoms with Gasteiger partial charge >= 0.3 is 0 Å². The normalized spacial score (nSPS) is 14.8. The lowest BCUT2D eigenvalue weighted by Gasteiger charge is -2.33. The van der Waals surface area contributed by atoms with Crippen LogP contribution in [-0.4, -0.2) is 64.6 Å². The van der Waals surface area contributed by atoms with E-state index in [0.717, 1.165) is 11.6 Å². The second kappa shape index (κ2) is 8.81. The number of carbonyl (C=O) groups is 1. The van der Waals surface area contributed by atoms with Crippen molar-refractivity contribution in [2.75, 3.05) is 26.2 Å². The molecule has 1 aliphatic heterocycles. The Bertz CT molecular complexity index is 1240. The molecule has 1 amide bonds. The molecule has 1 aromatic heterocycles. The van der Waals surface area contributed by atoms with E-state index in [-0.39, 0.29) is 42.7 Å². The Morgan fingerprint density at radius 2 is 1.59 bits per heavy atom. The van der Waals surface area contributed by atoms with Crippen molar-refractivity contribution < 1.29 is 18.1 Å². The Morgan fingerprint density at radius 3 is 2.22 bits per heavy atom. The van der Waals surface area contributed by atoms with Crippen LogP contribution in [0.25, 0.3) is 11.4 Å². The third kappa shape index (κ3) is 4.34. The number of nitro benzene ring substituents is 1. The van der Waals surface area contributed by atoms with Gasteiger partial charge in [-0.1, -0.05) is 36.4 Å². The van der Waals surface area contributed by atoms with E-state index in [1.807, 2.05) is 30.3 Å². The van der Waals surface area contributed by atoms with Gasteiger partial charge in [-0.15, -0.1) is 0 Å². The van der Waals surface area contributed by atoms with Crippen molar-refractivity contribution >= 4 is 21.6 Å². The van der Waals surface area contributed by atoms with Crippen molar-refractivity contribution in [2.24, 2.45) is 0 Å². The van der Waals surface area contributed by atoms with Crippen LogP contribution in [0.1, 0.15) is 10.4 Å². The van der Waals surface area contributed by atoms with Crippen LogP contribution in [-0.2, 0) is 10.0 Å². The lowest BCUT2D eigenvalue weighted by molar-refractivity contribution is -0.385. The number of non-ortho nitro benzene ring substituents is 1. The largest absolute Gasteiger partial charge is 0.336 e. The maximum absolute atomic E-state index is 12.9. The van der Waals surface area contributed by atoms with Crippen molar-refractivity contribution in [3.8, 4) is 11.4 Å². The van der Waals surface area contributed by atoms with Crippen LogP contribution in [0.4, 0.5) is 5.69 Å². The molecule has 0 N–H and O–H groups in total. The Kier molecular flexibility index (Phi) is 5.93. The molecule has 0 aliphatic carbocycles. The molecule has 10 nitrogen and oxygen atoms in total. The number of amides is 1. The topological polar surface area (TPSA) is 127 Å². The predicted octanol–water partition coefficient (Wildman–Crippen LogP) is 2.20. The standard InChI is InChI=1S/C21H19N5O5S/c27-21(17-14-22-20(23-15-17)16-5-2-1-3-6-16)24-9-11-25(12-10-24)32(30,31)19-8-4-7-18(13-19)26(28)29/h1-8,13-15H,9-12H2. The average Bonchev–Trinajstić information content (AvgIpc) is 2.84. The van der Waals surface area contributed by atoms with Crippen molar-refractivity contribution in [1.29, 1.82) is 0 Å². The minimum atomic E-state index is -3.90. The van der Waals surface area contributed by atoms with Gasteiger partial charge in [0.1, 0.15) is 0 Å². The molecule has 1 aliphatic rings. The van der Waals surface area contributed by atoms with E-state index in [1.165, 1.54) is 34.9 Å². The van der Waals surface area contributed by atoms with E-state index in [1.54, 1.807) is 4.90 Å². The minimum absolute atomic E-state index is 0.0831. The van der Waals surface area contributed by atoms with E-state index < -0.39 is 14.9 Å². The van der Waals surface area contributed by atoms with Crippen LogP contribution in [0.3, 0.4) is 0 Å². The molecule has 4 rings (SSSR count). The Labute approximate surface area is 184 Å². The highest BCUT2D eigenvalue weighted by Gasteiger charge is 2.31. The molecule has 0 spiro atoms. The minimum Gasteiger partial charge on any atom is -0.336 e. The molecule has 1 saturated heterocycles. The zero-order valence-electron chi connectivity index (χ0n) is 16.9. The van der Waals surface area contributed by atoms with Gasteiger partial charge in [0.25, 0.3) is 11.6 Å². The average molecular weight is 453 g/mol. The molecule has 0 atom stereocenters. The van der Waals surface area contributed by atoms with Crippen molar-refractivity contribution in [3.05, 3.63) is 82.7 Å². The fraction of sp³-hybridized carbons (Fsp3) is 0.190. The van der Waals surface area contributed by atoms with E-state index in [0.29, 0.717) is 11.4 Å². The highest BCUT2D eigenvalue weighted by atomic mass is 32.2. The maximum Gasteiger partial charge on any atom is 0.270 e. The summed E-state index contributed by atoms with van der Waals surface area (Å²) in [5.41, 5.74) is 0.866. The van der Waals surface area contributed by atoms with Crippen molar-refractivity contribution in [3.63, 3.8) is 0 Å². The van der Waals surface area contributed by atoms with Crippen LogP contribution < -0.4 is 0 Å². The Balaban J connectivity index is 1.42. The monoisotopic (exact) mass is 453 g/mol. The molecule has 3 aromatic rings. The Hall–Kier alpha value is -3.70. The lowest BCUT2D eigenvalue weighted by atomic mass is 10.2. The fourth-order valence-corrected chi connectivity index (χ4v) is 4.86. The number of hydrogen-bond acceptors (Lipinski definition) is 7. The van der Waals surface area contributed by atoms with Crippen LogP contribution in [0.2, 0.25) is 0 Å². The van der Waals surface area contributed by atoms with Gasteiger partial charge in [-0.3, -0.25) is 14.9 Å². The number of piperazine rings is 1. The summed E-state index contributed by atoms with van der Waals surface area (Å²) in [4.78, 5) is 33.0. The van der Waals surface area contributed by atoms with Gasteiger partial charge < -0.3 is 4.90 Å². The molecular formula is C21H19N5O5S.